The number of nitrogens with zero attached hydrogens (tertiary/aromatic N) is 1. The number of phenolic OH excluding ortho intramolecular Hbond substituents is 1. The van der Waals surface area contributed by atoms with Crippen molar-refractivity contribution in [3.8, 4) is 5.75 Å². The number of hydrogen-bond donors (Lipinski definition) is 2. The van der Waals surface area contributed by atoms with Crippen LogP contribution in [-0.4, -0.2) is 30.0 Å². The summed E-state index contributed by atoms with van der Waals surface area (Å²) in [5.74, 6) is -0.980. The van der Waals surface area contributed by atoms with Crippen LogP contribution in [0.1, 0.15) is 70.6 Å². The fourth-order valence-electron chi connectivity index (χ4n) is 3.50. The van der Waals surface area contributed by atoms with Crippen LogP contribution in [0, 0.1) is 0 Å². The normalized spacial score (nSPS) is 17.6. The molecule has 0 radical (unpaired) electrons. The average Bonchev–Trinajstić information content (AvgIpc) is 2.63. The minimum atomic E-state index is -0.568. The number of anilines is 1. The summed E-state index contributed by atoms with van der Waals surface area (Å²) < 4.78 is 0. The molecule has 1 saturated carbocycles. The lowest BCUT2D eigenvalue weighted by molar-refractivity contribution is -0.138. The first-order valence-corrected chi connectivity index (χ1v) is 9.95. The molecule has 0 spiro atoms. The van der Waals surface area contributed by atoms with E-state index in [2.05, 4.69) is 5.32 Å². The molecular weight excluding hydrogens is 328 g/mol. The van der Waals surface area contributed by atoms with E-state index in [0.717, 1.165) is 25.7 Å². The standard InChI is InChI=1S/C21H32N2O3/c1-23(18-13-15-19(24)16-14-18)21(26)20(25)22-17-11-9-7-5-3-2-4-6-8-10-12-17/h13-17,24H,2-12H2,1H3,(H,22,25). The molecule has 5 heteroatoms. The van der Waals surface area contributed by atoms with Crippen molar-refractivity contribution in [1.29, 1.82) is 0 Å². The maximum atomic E-state index is 12.4. The average molecular weight is 360 g/mol. The van der Waals surface area contributed by atoms with Gasteiger partial charge in [-0.05, 0) is 37.1 Å². The van der Waals surface area contributed by atoms with Crippen molar-refractivity contribution in [2.75, 3.05) is 11.9 Å². The largest absolute Gasteiger partial charge is 0.508 e. The molecule has 0 saturated heterocycles. The minimum Gasteiger partial charge on any atom is -0.508 e. The summed E-state index contributed by atoms with van der Waals surface area (Å²) in [4.78, 5) is 26.2. The maximum Gasteiger partial charge on any atom is 0.316 e. The zero-order chi connectivity index (χ0) is 18.8. The number of aromatic hydroxyl groups is 1. The van der Waals surface area contributed by atoms with E-state index >= 15 is 0 Å². The molecule has 2 amide bonds. The minimum absolute atomic E-state index is 0.0825. The third-order valence-corrected chi connectivity index (χ3v) is 5.18. The molecule has 0 aromatic heterocycles. The lowest BCUT2D eigenvalue weighted by Gasteiger charge is -2.22. The highest BCUT2D eigenvalue weighted by Crippen LogP contribution is 2.19. The number of likely N-dealkylation sites (N-methyl/N-ethyl adjacent to an activating group) is 1. The van der Waals surface area contributed by atoms with Crippen LogP contribution in [-0.2, 0) is 9.59 Å². The molecule has 0 bridgehead atoms. The molecule has 2 rings (SSSR count). The van der Waals surface area contributed by atoms with Crippen molar-refractivity contribution in [2.45, 2.75) is 76.7 Å². The Morgan fingerprint density at radius 3 is 1.85 bits per heavy atom. The molecule has 26 heavy (non-hydrogen) atoms. The number of phenols is 1. The van der Waals surface area contributed by atoms with E-state index in [1.54, 1.807) is 19.2 Å². The zero-order valence-corrected chi connectivity index (χ0v) is 15.9. The Morgan fingerprint density at radius 2 is 1.35 bits per heavy atom. The van der Waals surface area contributed by atoms with E-state index in [-0.39, 0.29) is 11.8 Å². The van der Waals surface area contributed by atoms with Gasteiger partial charge in [-0.2, -0.15) is 0 Å². The number of nitrogens with one attached hydrogen (secondary N) is 1. The quantitative estimate of drug-likeness (QED) is 0.779. The second-order valence-electron chi connectivity index (χ2n) is 7.31. The molecule has 1 aliphatic rings. The Balaban J connectivity index is 1.89. The van der Waals surface area contributed by atoms with Crippen molar-refractivity contribution < 1.29 is 14.7 Å². The van der Waals surface area contributed by atoms with Gasteiger partial charge in [0.25, 0.3) is 0 Å². The summed E-state index contributed by atoms with van der Waals surface area (Å²) in [5.41, 5.74) is 0.585. The van der Waals surface area contributed by atoms with Crippen LogP contribution in [0.4, 0.5) is 5.69 Å². The van der Waals surface area contributed by atoms with Gasteiger partial charge in [-0.3, -0.25) is 9.59 Å². The van der Waals surface area contributed by atoms with E-state index in [1.807, 2.05) is 0 Å². The lowest BCUT2D eigenvalue weighted by Crippen LogP contribution is -2.45. The van der Waals surface area contributed by atoms with Gasteiger partial charge in [0.2, 0.25) is 0 Å². The summed E-state index contributed by atoms with van der Waals surface area (Å²) in [6.07, 6.45) is 13.0. The van der Waals surface area contributed by atoms with E-state index in [1.165, 1.54) is 62.0 Å². The third kappa shape index (κ3) is 6.70. The van der Waals surface area contributed by atoms with E-state index < -0.39 is 11.8 Å². The highest BCUT2D eigenvalue weighted by molar-refractivity contribution is 6.40. The molecule has 0 atom stereocenters. The van der Waals surface area contributed by atoms with Crippen LogP contribution in [0.5, 0.6) is 5.75 Å². The van der Waals surface area contributed by atoms with E-state index in [9.17, 15) is 14.7 Å². The van der Waals surface area contributed by atoms with E-state index in [4.69, 9.17) is 0 Å². The molecule has 1 aromatic carbocycles. The number of hydrogen-bond acceptors (Lipinski definition) is 3. The SMILES string of the molecule is CN(C(=O)C(=O)NC1CCCCCCCCCCC1)c1ccc(O)cc1. The van der Waals surface area contributed by atoms with Crippen LogP contribution in [0.15, 0.2) is 24.3 Å². The molecule has 5 nitrogen and oxygen atoms in total. The van der Waals surface area contributed by atoms with Crippen LogP contribution < -0.4 is 10.2 Å². The predicted molar refractivity (Wildman–Crippen MR) is 104 cm³/mol. The Bertz CT molecular complexity index is 559. The zero-order valence-electron chi connectivity index (χ0n) is 15.9. The van der Waals surface area contributed by atoms with Gasteiger partial charge in [-0.25, -0.2) is 0 Å². The first-order chi connectivity index (χ1) is 12.6. The fraction of sp³-hybridized carbons (Fsp3) is 0.619. The molecule has 1 fully saturated rings. The number of amides is 2. The molecule has 2 N–H and O–H groups in total. The lowest BCUT2D eigenvalue weighted by atomic mass is 9.98. The van der Waals surface area contributed by atoms with Crippen molar-refractivity contribution in [3.63, 3.8) is 0 Å². The first-order valence-electron chi connectivity index (χ1n) is 9.95. The molecule has 1 aliphatic carbocycles. The highest BCUT2D eigenvalue weighted by Gasteiger charge is 2.22. The highest BCUT2D eigenvalue weighted by atomic mass is 16.3. The van der Waals surface area contributed by atoms with Crippen LogP contribution in [0.2, 0.25) is 0 Å². The summed E-state index contributed by atoms with van der Waals surface area (Å²) in [6.45, 7) is 0. The van der Waals surface area contributed by atoms with Crippen molar-refractivity contribution in [1.82, 2.24) is 5.32 Å². The summed E-state index contributed by atoms with van der Waals surface area (Å²) in [5, 5.41) is 12.3. The van der Waals surface area contributed by atoms with Crippen LogP contribution >= 0.6 is 0 Å². The van der Waals surface area contributed by atoms with Crippen LogP contribution in [0.3, 0.4) is 0 Å². The van der Waals surface area contributed by atoms with E-state index in [0.29, 0.717) is 5.69 Å². The summed E-state index contributed by atoms with van der Waals surface area (Å²) in [7, 11) is 1.58. The van der Waals surface area contributed by atoms with Crippen molar-refractivity contribution >= 4 is 17.5 Å². The Hall–Kier alpha value is -2.04. The Morgan fingerprint density at radius 1 is 0.885 bits per heavy atom. The second-order valence-corrected chi connectivity index (χ2v) is 7.31. The van der Waals surface area contributed by atoms with Gasteiger partial charge < -0.3 is 15.3 Å². The number of rotatable bonds is 2. The Kier molecular flexibility index (Phi) is 8.45. The second kappa shape index (κ2) is 10.8. The number of carbonyl (C=O) groups excluding carboxylic acids is 2. The molecule has 1 aromatic rings. The Labute approximate surface area is 156 Å². The predicted octanol–water partition coefficient (Wildman–Crippen LogP) is 4.14. The van der Waals surface area contributed by atoms with Crippen LogP contribution in [0.25, 0.3) is 0 Å². The van der Waals surface area contributed by atoms with Gasteiger partial charge in [0.15, 0.2) is 0 Å². The smallest absolute Gasteiger partial charge is 0.316 e. The molecule has 0 aliphatic heterocycles. The summed E-state index contributed by atoms with van der Waals surface area (Å²) >= 11 is 0. The monoisotopic (exact) mass is 360 g/mol. The van der Waals surface area contributed by atoms with Gasteiger partial charge in [-0.15, -0.1) is 0 Å². The number of carbonyl (C=O) groups is 2. The fourth-order valence-corrected chi connectivity index (χ4v) is 3.50. The first kappa shape index (κ1) is 20.3. The summed E-state index contributed by atoms with van der Waals surface area (Å²) in [6, 6.07) is 6.33. The molecule has 0 heterocycles. The topological polar surface area (TPSA) is 69.6 Å². The molecular formula is C21H32N2O3. The maximum absolute atomic E-state index is 12.4. The van der Waals surface area contributed by atoms with Gasteiger partial charge in [0.05, 0.1) is 0 Å². The molecule has 0 unspecified atom stereocenters. The number of benzene rings is 1. The van der Waals surface area contributed by atoms with Gasteiger partial charge in [-0.1, -0.05) is 57.8 Å². The van der Waals surface area contributed by atoms with Gasteiger partial charge in [0, 0.05) is 18.8 Å². The molecule has 144 valence electrons. The third-order valence-electron chi connectivity index (χ3n) is 5.18. The van der Waals surface area contributed by atoms with Crippen molar-refractivity contribution in [3.05, 3.63) is 24.3 Å². The van der Waals surface area contributed by atoms with Gasteiger partial charge >= 0.3 is 11.8 Å². The van der Waals surface area contributed by atoms with Crippen molar-refractivity contribution in [2.24, 2.45) is 0 Å². The van der Waals surface area contributed by atoms with Gasteiger partial charge in [0.1, 0.15) is 5.75 Å².